The number of esters is 1. The van der Waals surface area contributed by atoms with Gasteiger partial charge in [-0.3, -0.25) is 4.79 Å². The third-order valence-corrected chi connectivity index (χ3v) is 4.94. The van der Waals surface area contributed by atoms with Gasteiger partial charge in [0, 0.05) is 30.2 Å². The number of unbranched alkanes of at least 4 members (excludes halogenated alkanes) is 2. The third-order valence-electron chi connectivity index (χ3n) is 3.54. The number of fused-ring (bicyclic) bond motifs is 1. The monoisotopic (exact) mass is 338 g/mol. The Balaban J connectivity index is 1.71. The van der Waals surface area contributed by atoms with Crippen LogP contribution in [0, 0.1) is 0 Å². The minimum absolute atomic E-state index is 0.133. The number of thiocarbonyl (C=S) groups is 1. The Morgan fingerprint density at radius 1 is 1.36 bits per heavy atom. The standard InChI is InChI=1S/C16H22N2O2S2/c1-20-15(19)9-3-2-6-10-17-16(21)18-11-12-22-14-8-5-4-7-13(14)18/h4-5,7-8H,2-3,6,9-12H2,1H3,(H,17,21). The molecular formula is C16H22N2O2S2. The highest BCUT2D eigenvalue weighted by atomic mass is 32.2. The van der Waals surface area contributed by atoms with Crippen LogP contribution in [0.3, 0.4) is 0 Å². The van der Waals surface area contributed by atoms with Gasteiger partial charge in [-0.25, -0.2) is 0 Å². The van der Waals surface area contributed by atoms with Crippen LogP contribution in [0.15, 0.2) is 29.2 Å². The van der Waals surface area contributed by atoms with Gasteiger partial charge in [0.25, 0.3) is 0 Å². The molecule has 0 saturated heterocycles. The molecule has 1 aromatic carbocycles. The highest BCUT2D eigenvalue weighted by Gasteiger charge is 2.19. The smallest absolute Gasteiger partial charge is 0.305 e. The Labute approximate surface area is 141 Å². The number of hydrogen-bond acceptors (Lipinski definition) is 4. The number of nitrogens with one attached hydrogen (secondary N) is 1. The molecule has 0 spiro atoms. The van der Waals surface area contributed by atoms with E-state index in [-0.39, 0.29) is 5.97 Å². The van der Waals surface area contributed by atoms with Crippen molar-refractivity contribution in [1.82, 2.24) is 5.32 Å². The van der Waals surface area contributed by atoms with E-state index in [9.17, 15) is 4.79 Å². The quantitative estimate of drug-likeness (QED) is 0.488. The zero-order chi connectivity index (χ0) is 15.8. The van der Waals surface area contributed by atoms with Gasteiger partial charge in [0.2, 0.25) is 0 Å². The van der Waals surface area contributed by atoms with Crippen LogP contribution in [-0.4, -0.2) is 37.0 Å². The molecule has 0 unspecified atom stereocenters. The predicted octanol–water partition coefficient (Wildman–Crippen LogP) is 3.21. The average molecular weight is 338 g/mol. The Morgan fingerprint density at radius 2 is 2.18 bits per heavy atom. The number of anilines is 1. The molecule has 22 heavy (non-hydrogen) atoms. The number of methoxy groups -OCH3 is 1. The first-order chi connectivity index (χ1) is 10.7. The van der Waals surface area contributed by atoms with Gasteiger partial charge < -0.3 is 15.0 Å². The van der Waals surface area contributed by atoms with Crippen LogP contribution in [0.1, 0.15) is 25.7 Å². The van der Waals surface area contributed by atoms with Crippen molar-refractivity contribution in [3.05, 3.63) is 24.3 Å². The summed E-state index contributed by atoms with van der Waals surface area (Å²) >= 11 is 7.40. The number of ether oxygens (including phenoxy) is 1. The van der Waals surface area contributed by atoms with Gasteiger partial charge in [-0.1, -0.05) is 18.6 Å². The maximum atomic E-state index is 11.0. The Bertz CT molecular complexity index is 523. The molecule has 1 aromatic rings. The topological polar surface area (TPSA) is 41.6 Å². The second kappa shape index (κ2) is 9.00. The van der Waals surface area contributed by atoms with E-state index in [1.165, 1.54) is 17.7 Å². The van der Waals surface area contributed by atoms with Crippen LogP contribution in [-0.2, 0) is 9.53 Å². The lowest BCUT2D eigenvalue weighted by Crippen LogP contribution is -2.43. The first-order valence-electron chi connectivity index (χ1n) is 7.56. The zero-order valence-electron chi connectivity index (χ0n) is 12.8. The van der Waals surface area contributed by atoms with E-state index < -0.39 is 0 Å². The lowest BCUT2D eigenvalue weighted by atomic mass is 10.2. The second-order valence-corrected chi connectivity index (χ2v) is 6.61. The number of nitrogens with zero attached hydrogens (tertiary/aromatic N) is 1. The van der Waals surface area contributed by atoms with Crippen molar-refractivity contribution in [2.75, 3.05) is 30.9 Å². The molecule has 0 amide bonds. The van der Waals surface area contributed by atoms with Crippen molar-refractivity contribution in [3.8, 4) is 0 Å². The number of carbonyl (C=O) groups excluding carboxylic acids is 1. The van der Waals surface area contributed by atoms with Crippen LogP contribution in [0.2, 0.25) is 0 Å². The first-order valence-corrected chi connectivity index (χ1v) is 8.96. The molecule has 6 heteroatoms. The van der Waals surface area contributed by atoms with Gasteiger partial charge in [0.15, 0.2) is 5.11 Å². The van der Waals surface area contributed by atoms with Crippen molar-refractivity contribution in [2.24, 2.45) is 0 Å². The summed E-state index contributed by atoms with van der Waals surface area (Å²) in [5.41, 5.74) is 1.20. The largest absolute Gasteiger partial charge is 0.469 e. The Morgan fingerprint density at radius 3 is 3.00 bits per heavy atom. The summed E-state index contributed by atoms with van der Waals surface area (Å²) in [6, 6.07) is 8.37. The summed E-state index contributed by atoms with van der Waals surface area (Å²) in [5, 5.41) is 4.12. The molecule has 4 nitrogen and oxygen atoms in total. The number of benzene rings is 1. The molecule has 0 fully saturated rings. The van der Waals surface area contributed by atoms with Gasteiger partial charge in [0.1, 0.15) is 0 Å². The molecular weight excluding hydrogens is 316 g/mol. The van der Waals surface area contributed by atoms with Crippen LogP contribution < -0.4 is 10.2 Å². The van der Waals surface area contributed by atoms with Crippen LogP contribution in [0.25, 0.3) is 0 Å². The fourth-order valence-corrected chi connectivity index (χ4v) is 3.63. The van der Waals surface area contributed by atoms with Gasteiger partial charge in [-0.2, -0.15) is 0 Å². The van der Waals surface area contributed by atoms with E-state index in [0.717, 1.165) is 43.2 Å². The SMILES string of the molecule is COC(=O)CCCCCNC(=S)N1CCSc2ccccc21. The second-order valence-electron chi connectivity index (χ2n) is 5.09. The molecule has 120 valence electrons. The summed E-state index contributed by atoms with van der Waals surface area (Å²) in [4.78, 5) is 14.5. The average Bonchev–Trinajstić information content (AvgIpc) is 2.56. The van der Waals surface area contributed by atoms with Crippen molar-refractivity contribution in [1.29, 1.82) is 0 Å². The number of thioether (sulfide) groups is 1. The van der Waals surface area contributed by atoms with E-state index in [1.807, 2.05) is 17.8 Å². The summed E-state index contributed by atoms with van der Waals surface area (Å²) < 4.78 is 4.62. The van der Waals surface area contributed by atoms with E-state index in [1.54, 1.807) is 0 Å². The maximum Gasteiger partial charge on any atom is 0.305 e. The molecule has 1 aliphatic heterocycles. The fourth-order valence-electron chi connectivity index (χ4n) is 2.34. The first kappa shape index (κ1) is 17.1. The summed E-state index contributed by atoms with van der Waals surface area (Å²) in [6.45, 7) is 1.78. The van der Waals surface area contributed by atoms with E-state index in [2.05, 4.69) is 33.2 Å². The molecule has 2 rings (SSSR count). The van der Waals surface area contributed by atoms with Crippen molar-refractivity contribution in [3.63, 3.8) is 0 Å². The third kappa shape index (κ3) is 4.88. The molecule has 0 radical (unpaired) electrons. The minimum atomic E-state index is -0.133. The number of para-hydroxylation sites is 1. The zero-order valence-corrected chi connectivity index (χ0v) is 14.5. The minimum Gasteiger partial charge on any atom is -0.469 e. The lowest BCUT2D eigenvalue weighted by molar-refractivity contribution is -0.140. The van der Waals surface area contributed by atoms with E-state index in [4.69, 9.17) is 12.2 Å². The predicted molar refractivity (Wildman–Crippen MR) is 95.6 cm³/mol. The van der Waals surface area contributed by atoms with Crippen molar-refractivity contribution < 1.29 is 9.53 Å². The van der Waals surface area contributed by atoms with E-state index >= 15 is 0 Å². The Kier molecular flexibility index (Phi) is 6.99. The van der Waals surface area contributed by atoms with Crippen LogP contribution >= 0.6 is 24.0 Å². The molecule has 1 aliphatic rings. The van der Waals surface area contributed by atoms with Gasteiger partial charge in [0.05, 0.1) is 12.8 Å². The van der Waals surface area contributed by atoms with Crippen LogP contribution in [0.5, 0.6) is 0 Å². The summed E-state index contributed by atoms with van der Waals surface area (Å²) in [7, 11) is 1.43. The lowest BCUT2D eigenvalue weighted by Gasteiger charge is -2.31. The number of hydrogen-bond donors (Lipinski definition) is 1. The molecule has 0 atom stereocenters. The molecule has 0 aliphatic carbocycles. The van der Waals surface area contributed by atoms with Gasteiger partial charge in [-0.15, -0.1) is 11.8 Å². The molecule has 1 heterocycles. The van der Waals surface area contributed by atoms with E-state index in [0.29, 0.717) is 6.42 Å². The normalized spacial score (nSPS) is 13.4. The number of carbonyl (C=O) groups is 1. The van der Waals surface area contributed by atoms with Gasteiger partial charge in [-0.05, 0) is 37.2 Å². The summed E-state index contributed by atoms with van der Waals surface area (Å²) in [6.07, 6.45) is 3.36. The molecule has 0 saturated carbocycles. The number of rotatable bonds is 6. The molecule has 0 bridgehead atoms. The molecule has 0 aromatic heterocycles. The molecule has 1 N–H and O–H groups in total. The van der Waals surface area contributed by atoms with Gasteiger partial charge >= 0.3 is 5.97 Å². The highest BCUT2D eigenvalue weighted by molar-refractivity contribution is 7.99. The van der Waals surface area contributed by atoms with Crippen molar-refractivity contribution >= 4 is 40.7 Å². The maximum absolute atomic E-state index is 11.0. The Hall–Kier alpha value is -1.27. The van der Waals surface area contributed by atoms with Crippen molar-refractivity contribution in [2.45, 2.75) is 30.6 Å². The fraction of sp³-hybridized carbons (Fsp3) is 0.500. The summed E-state index contributed by atoms with van der Waals surface area (Å²) in [5.74, 6) is 0.920. The van der Waals surface area contributed by atoms with Crippen LogP contribution in [0.4, 0.5) is 5.69 Å². The highest BCUT2D eigenvalue weighted by Crippen LogP contribution is 2.34.